The van der Waals surface area contributed by atoms with Crippen molar-refractivity contribution >= 4 is 0 Å². The molecule has 0 aliphatic carbocycles. The molecule has 0 unspecified atom stereocenters. The van der Waals surface area contributed by atoms with E-state index >= 15 is 0 Å². The predicted octanol–water partition coefficient (Wildman–Crippen LogP) is 3.05. The number of nitrogens with zero attached hydrogens (tertiary/aromatic N) is 2. The molecule has 2 heteroatoms. The van der Waals surface area contributed by atoms with Gasteiger partial charge in [0.05, 0.1) is 0 Å². The molecule has 1 saturated heterocycles. The van der Waals surface area contributed by atoms with Crippen LogP contribution in [-0.2, 0) is 0 Å². The molecule has 0 saturated carbocycles. The second-order valence-corrected chi connectivity index (χ2v) is 4.07. The molecule has 0 N–H and O–H groups in total. The van der Waals surface area contributed by atoms with Crippen LogP contribution in [0.5, 0.6) is 0 Å². The molecule has 0 atom stereocenters. The van der Waals surface area contributed by atoms with Gasteiger partial charge in [-0.2, -0.15) is 0 Å². The Morgan fingerprint density at radius 1 is 1.14 bits per heavy atom. The van der Waals surface area contributed by atoms with E-state index in [4.69, 9.17) is 5.26 Å². The van der Waals surface area contributed by atoms with Crippen LogP contribution in [0.1, 0.15) is 46.0 Å². The number of likely N-dealkylation sites (tertiary alicyclic amines) is 1. The van der Waals surface area contributed by atoms with Crippen LogP contribution in [0.15, 0.2) is 0 Å². The Balaban J connectivity index is 0.000000791. The molecule has 2 nitrogen and oxygen atoms in total. The molecule has 1 heterocycles. The molecule has 0 radical (unpaired) electrons. The number of hydrogen-bond acceptors (Lipinski definition) is 2. The number of piperidine rings is 1. The first-order valence-corrected chi connectivity index (χ1v) is 5.85. The lowest BCUT2D eigenvalue weighted by Crippen LogP contribution is -2.34. The lowest BCUT2D eigenvalue weighted by Gasteiger charge is -2.31. The summed E-state index contributed by atoms with van der Waals surface area (Å²) in [7, 11) is 0. The molecule has 1 aliphatic rings. The Morgan fingerprint density at radius 3 is 2.14 bits per heavy atom. The van der Waals surface area contributed by atoms with E-state index in [1.54, 1.807) is 0 Å². The standard InChI is InChI=1S/C11H23N.CHN/c1-3-5-11-6-9-12(8-4-2)10-7-11;1-2/h11H,3-10H2,1-2H3;1H. The molecule has 0 spiro atoms. The van der Waals surface area contributed by atoms with Gasteiger partial charge in [0.15, 0.2) is 0 Å². The second-order valence-electron chi connectivity index (χ2n) is 4.07. The third-order valence-electron chi connectivity index (χ3n) is 2.94. The highest BCUT2D eigenvalue weighted by atomic mass is 15.1. The minimum Gasteiger partial charge on any atom is -0.303 e. The molecular weight excluding hydrogens is 172 g/mol. The van der Waals surface area contributed by atoms with Crippen LogP contribution < -0.4 is 0 Å². The van der Waals surface area contributed by atoms with Crippen molar-refractivity contribution in [3.05, 3.63) is 0 Å². The van der Waals surface area contributed by atoms with Crippen molar-refractivity contribution in [3.63, 3.8) is 0 Å². The zero-order valence-electron chi connectivity index (χ0n) is 9.71. The third-order valence-corrected chi connectivity index (χ3v) is 2.94. The molecular formula is C12H24N2. The van der Waals surface area contributed by atoms with Crippen LogP contribution in [0.3, 0.4) is 0 Å². The topological polar surface area (TPSA) is 27.0 Å². The summed E-state index contributed by atoms with van der Waals surface area (Å²) in [6.07, 6.45) is 7.05. The predicted molar refractivity (Wildman–Crippen MR) is 61.0 cm³/mol. The summed E-state index contributed by atoms with van der Waals surface area (Å²) in [5.41, 5.74) is 0. The van der Waals surface area contributed by atoms with E-state index in [-0.39, 0.29) is 0 Å². The minimum absolute atomic E-state index is 1.04. The minimum atomic E-state index is 1.04. The lowest BCUT2D eigenvalue weighted by atomic mass is 9.92. The van der Waals surface area contributed by atoms with Crippen LogP contribution in [0.25, 0.3) is 0 Å². The fraction of sp³-hybridized carbons (Fsp3) is 0.917. The van der Waals surface area contributed by atoms with Gasteiger partial charge in [-0.15, -0.1) is 0 Å². The van der Waals surface area contributed by atoms with Crippen molar-refractivity contribution in [2.24, 2.45) is 5.92 Å². The first-order chi connectivity index (χ1) is 6.86. The molecule has 0 aromatic heterocycles. The van der Waals surface area contributed by atoms with Crippen LogP contribution in [-0.4, -0.2) is 24.5 Å². The quantitative estimate of drug-likeness (QED) is 0.691. The highest BCUT2D eigenvalue weighted by molar-refractivity contribution is 4.71. The fourth-order valence-electron chi connectivity index (χ4n) is 2.22. The molecule has 1 fully saturated rings. The van der Waals surface area contributed by atoms with E-state index < -0.39 is 0 Å². The summed E-state index contributed by atoms with van der Waals surface area (Å²) in [4.78, 5) is 2.62. The number of nitriles is 1. The Kier molecular flexibility index (Phi) is 8.67. The van der Waals surface area contributed by atoms with Gasteiger partial charge < -0.3 is 4.90 Å². The third kappa shape index (κ3) is 5.24. The van der Waals surface area contributed by atoms with Gasteiger partial charge >= 0.3 is 0 Å². The average molecular weight is 196 g/mol. The van der Waals surface area contributed by atoms with E-state index in [1.165, 1.54) is 51.7 Å². The van der Waals surface area contributed by atoms with E-state index in [0.29, 0.717) is 0 Å². The van der Waals surface area contributed by atoms with Crippen molar-refractivity contribution < 1.29 is 0 Å². The van der Waals surface area contributed by atoms with E-state index in [9.17, 15) is 0 Å². The van der Waals surface area contributed by atoms with Crippen molar-refractivity contribution in [1.29, 1.82) is 5.26 Å². The maximum absolute atomic E-state index is 6.50. The van der Waals surface area contributed by atoms with Crippen molar-refractivity contribution in [1.82, 2.24) is 4.90 Å². The van der Waals surface area contributed by atoms with E-state index in [0.717, 1.165) is 5.92 Å². The first kappa shape index (κ1) is 13.4. The molecule has 1 rings (SSSR count). The maximum atomic E-state index is 6.50. The van der Waals surface area contributed by atoms with Gasteiger partial charge in [-0.1, -0.05) is 26.7 Å². The first-order valence-electron chi connectivity index (χ1n) is 5.85. The summed E-state index contributed by atoms with van der Waals surface area (Å²) >= 11 is 0. The molecule has 1 aliphatic heterocycles. The zero-order valence-corrected chi connectivity index (χ0v) is 9.71. The summed E-state index contributed by atoms with van der Waals surface area (Å²) in [6, 6.07) is 0. The van der Waals surface area contributed by atoms with Gasteiger partial charge in [0.2, 0.25) is 0 Å². The fourth-order valence-corrected chi connectivity index (χ4v) is 2.22. The van der Waals surface area contributed by atoms with E-state index in [2.05, 4.69) is 25.3 Å². The van der Waals surface area contributed by atoms with Crippen molar-refractivity contribution in [3.8, 4) is 6.57 Å². The van der Waals surface area contributed by atoms with Gasteiger partial charge in [0, 0.05) is 6.57 Å². The Bertz CT molecular complexity index is 121. The number of rotatable bonds is 4. The molecule has 0 bridgehead atoms. The van der Waals surface area contributed by atoms with Crippen LogP contribution >= 0.6 is 0 Å². The van der Waals surface area contributed by atoms with Crippen LogP contribution in [0, 0.1) is 17.8 Å². The second kappa shape index (κ2) is 9.02. The van der Waals surface area contributed by atoms with Crippen LogP contribution in [0.4, 0.5) is 0 Å². The van der Waals surface area contributed by atoms with E-state index in [1.807, 2.05) is 0 Å². The molecule has 0 aromatic carbocycles. The SMILES string of the molecule is C#N.CCCC1CCN(CCC)CC1. The number of hydrogen-bond donors (Lipinski definition) is 0. The lowest BCUT2D eigenvalue weighted by molar-refractivity contribution is 0.179. The Morgan fingerprint density at radius 2 is 1.71 bits per heavy atom. The Labute approximate surface area is 88.9 Å². The van der Waals surface area contributed by atoms with Crippen LogP contribution in [0.2, 0.25) is 0 Å². The van der Waals surface area contributed by atoms with Gasteiger partial charge in [-0.3, -0.25) is 0 Å². The highest BCUT2D eigenvalue weighted by Crippen LogP contribution is 2.21. The molecule has 0 aromatic rings. The van der Waals surface area contributed by atoms with Gasteiger partial charge in [-0.25, -0.2) is 5.26 Å². The smallest absolute Gasteiger partial charge is 0.0462 e. The molecule has 14 heavy (non-hydrogen) atoms. The molecule has 82 valence electrons. The summed E-state index contributed by atoms with van der Waals surface area (Å²) in [5.74, 6) is 1.04. The van der Waals surface area contributed by atoms with Gasteiger partial charge in [0.25, 0.3) is 0 Å². The maximum Gasteiger partial charge on any atom is 0.0462 e. The largest absolute Gasteiger partial charge is 0.303 e. The Hall–Kier alpha value is -0.550. The highest BCUT2D eigenvalue weighted by Gasteiger charge is 2.16. The summed E-state index contributed by atoms with van der Waals surface area (Å²) < 4.78 is 0. The monoisotopic (exact) mass is 196 g/mol. The normalized spacial score (nSPS) is 18.6. The summed E-state index contributed by atoms with van der Waals surface area (Å²) in [5, 5.41) is 6.50. The average Bonchev–Trinajstić information content (AvgIpc) is 2.25. The van der Waals surface area contributed by atoms with Crippen molar-refractivity contribution in [2.45, 2.75) is 46.0 Å². The van der Waals surface area contributed by atoms with Gasteiger partial charge in [0.1, 0.15) is 0 Å². The molecule has 0 amide bonds. The van der Waals surface area contributed by atoms with Crippen molar-refractivity contribution in [2.75, 3.05) is 19.6 Å². The zero-order chi connectivity index (χ0) is 10.8. The van der Waals surface area contributed by atoms with Gasteiger partial charge in [-0.05, 0) is 44.8 Å². The summed E-state index contributed by atoms with van der Waals surface area (Å²) in [6.45, 7) is 12.1.